The summed E-state index contributed by atoms with van der Waals surface area (Å²) in [5, 5.41) is -13.2. The molecule has 0 saturated heterocycles. The second kappa shape index (κ2) is 5.74. The van der Waals surface area contributed by atoms with Crippen LogP contribution >= 0.6 is 0 Å². The maximum atomic E-state index is 14.1. The first-order chi connectivity index (χ1) is 11.9. The number of halogens is 6. The van der Waals surface area contributed by atoms with Gasteiger partial charge in [-0.2, -0.15) is 26.3 Å². The second-order valence-electron chi connectivity index (χ2n) is 8.24. The highest BCUT2D eigenvalue weighted by molar-refractivity contribution is 7.92. The molecule has 0 aromatic heterocycles. The Morgan fingerprint density at radius 1 is 0.778 bits per heavy atom. The number of sulfone groups is 1. The Kier molecular flexibility index (Phi) is 4.50. The smallest absolute Gasteiger partial charge is 0.414 e. The first kappa shape index (κ1) is 21.2. The summed E-state index contributed by atoms with van der Waals surface area (Å²) >= 11 is 0. The molecule has 5 nitrogen and oxygen atoms in total. The van der Waals surface area contributed by atoms with Crippen LogP contribution in [0.3, 0.4) is 0 Å². The minimum Gasteiger partial charge on any atom is -0.743 e. The van der Waals surface area contributed by atoms with Crippen molar-refractivity contribution in [3.05, 3.63) is 0 Å². The van der Waals surface area contributed by atoms with Gasteiger partial charge in [-0.3, -0.25) is 0 Å². The fourth-order valence-electron chi connectivity index (χ4n) is 5.48. The number of rotatable bonds is 6. The van der Waals surface area contributed by atoms with Crippen molar-refractivity contribution in [3.63, 3.8) is 0 Å². The lowest BCUT2D eigenvalue weighted by Crippen LogP contribution is -2.62. The minimum absolute atomic E-state index is 0.0732. The summed E-state index contributed by atoms with van der Waals surface area (Å²) in [6, 6.07) is 0. The number of hydrogen-bond acceptors (Lipinski definition) is 5. The largest absolute Gasteiger partial charge is 0.743 e. The highest BCUT2D eigenvalue weighted by atomic mass is 32.2. The quantitative estimate of drug-likeness (QED) is 0.465. The Balaban J connectivity index is 1.94. The van der Waals surface area contributed by atoms with Crippen LogP contribution < -0.4 is 0 Å². The second-order valence-corrected chi connectivity index (χ2v) is 11.7. The van der Waals surface area contributed by atoms with Gasteiger partial charge in [-0.05, 0) is 61.7 Å². The van der Waals surface area contributed by atoms with E-state index >= 15 is 0 Å². The SMILES string of the molecule is O=S(=O)([O-])C(F)(F)C(F)(F)C(F)(F)S(=O)(=O)CC12CC3CC(CC(C3)C1)C2. The molecule has 158 valence electrons. The molecule has 4 aliphatic rings. The lowest BCUT2D eigenvalue weighted by atomic mass is 9.50. The average molecular weight is 443 g/mol. The van der Waals surface area contributed by atoms with Crippen LogP contribution in [0, 0.1) is 23.2 Å². The van der Waals surface area contributed by atoms with Crippen LogP contribution in [0.2, 0.25) is 0 Å². The minimum atomic E-state index is -7.23. The van der Waals surface area contributed by atoms with Crippen molar-refractivity contribution in [1.82, 2.24) is 0 Å². The molecule has 0 aliphatic heterocycles. The molecular formula is C14H17F6O5S2-. The topological polar surface area (TPSA) is 91.3 Å². The van der Waals surface area contributed by atoms with E-state index in [0.29, 0.717) is 0 Å². The van der Waals surface area contributed by atoms with Gasteiger partial charge in [0.2, 0.25) is 9.84 Å². The number of hydrogen-bond donors (Lipinski definition) is 0. The third-order valence-corrected chi connectivity index (χ3v) is 9.01. The Morgan fingerprint density at radius 3 is 1.48 bits per heavy atom. The first-order valence-electron chi connectivity index (χ1n) is 8.25. The third-order valence-electron chi connectivity index (χ3n) is 6.10. The zero-order valence-electron chi connectivity index (χ0n) is 13.8. The van der Waals surface area contributed by atoms with E-state index in [2.05, 4.69) is 0 Å². The predicted molar refractivity (Wildman–Crippen MR) is 78.9 cm³/mol. The van der Waals surface area contributed by atoms with Crippen LogP contribution in [0.25, 0.3) is 0 Å². The summed E-state index contributed by atoms with van der Waals surface area (Å²) in [6.07, 6.45) is 3.03. The fourth-order valence-corrected chi connectivity index (χ4v) is 7.85. The fraction of sp³-hybridized carbons (Fsp3) is 1.00. The normalized spacial score (nSPS) is 34.9. The van der Waals surface area contributed by atoms with E-state index in [1.807, 2.05) is 0 Å². The molecule has 0 amide bonds. The van der Waals surface area contributed by atoms with Gasteiger partial charge in [0.05, 0.1) is 5.75 Å². The Bertz CT molecular complexity index is 801. The van der Waals surface area contributed by atoms with E-state index in [0.717, 1.165) is 19.3 Å². The maximum absolute atomic E-state index is 14.1. The highest BCUT2D eigenvalue weighted by Crippen LogP contribution is 2.61. The van der Waals surface area contributed by atoms with E-state index < -0.39 is 47.6 Å². The van der Waals surface area contributed by atoms with Crippen LogP contribution in [-0.2, 0) is 20.0 Å². The van der Waals surface area contributed by atoms with Gasteiger partial charge in [-0.1, -0.05) is 0 Å². The predicted octanol–water partition coefficient (Wildman–Crippen LogP) is 2.98. The molecule has 0 radical (unpaired) electrons. The Labute approximate surface area is 152 Å². The standard InChI is InChI=1S/C14H18F6O5S2/c15-12(16,14(19,20)27(23,24)25)13(17,18)26(21,22)7-11-4-8-1-9(5-11)3-10(2-8)6-11/h8-10H,1-7H2,(H,23,24,25)/p-1. The summed E-state index contributed by atoms with van der Waals surface area (Å²) < 4.78 is 137. The van der Waals surface area contributed by atoms with Crippen LogP contribution in [0.4, 0.5) is 26.3 Å². The lowest BCUT2D eigenvalue weighted by molar-refractivity contribution is -0.246. The average Bonchev–Trinajstić information content (AvgIpc) is 2.42. The molecule has 0 N–H and O–H groups in total. The highest BCUT2D eigenvalue weighted by Gasteiger charge is 2.80. The summed E-state index contributed by atoms with van der Waals surface area (Å²) in [6.45, 7) is 0. The van der Waals surface area contributed by atoms with Crippen molar-refractivity contribution < 1.29 is 47.7 Å². The van der Waals surface area contributed by atoms with Gasteiger partial charge in [-0.15, -0.1) is 0 Å². The number of alkyl halides is 6. The Hall–Kier alpha value is -0.560. The third kappa shape index (κ3) is 2.98. The van der Waals surface area contributed by atoms with Gasteiger partial charge in [0.1, 0.15) is 0 Å². The van der Waals surface area contributed by atoms with E-state index in [1.54, 1.807) is 0 Å². The molecule has 0 atom stereocenters. The van der Waals surface area contributed by atoms with Crippen LogP contribution in [-0.4, -0.2) is 43.6 Å². The van der Waals surface area contributed by atoms with Gasteiger partial charge in [0.25, 0.3) is 0 Å². The lowest BCUT2D eigenvalue weighted by Gasteiger charge is -2.56. The van der Waals surface area contributed by atoms with Crippen molar-refractivity contribution in [1.29, 1.82) is 0 Å². The molecule has 4 rings (SSSR count). The van der Waals surface area contributed by atoms with Gasteiger partial charge in [0.15, 0.2) is 10.1 Å². The van der Waals surface area contributed by atoms with Crippen LogP contribution in [0.1, 0.15) is 38.5 Å². The van der Waals surface area contributed by atoms with Crippen LogP contribution in [0.5, 0.6) is 0 Å². The van der Waals surface area contributed by atoms with E-state index in [-0.39, 0.29) is 37.0 Å². The molecule has 13 heteroatoms. The molecular weight excluding hydrogens is 426 g/mol. The molecule has 0 unspecified atom stereocenters. The molecule has 0 aromatic carbocycles. The van der Waals surface area contributed by atoms with Crippen molar-refractivity contribution in [2.24, 2.45) is 23.2 Å². The monoisotopic (exact) mass is 443 g/mol. The van der Waals surface area contributed by atoms with Crippen molar-refractivity contribution in [3.8, 4) is 0 Å². The maximum Gasteiger partial charge on any atom is 0.414 e. The van der Waals surface area contributed by atoms with E-state index in [4.69, 9.17) is 0 Å². The molecule has 4 fully saturated rings. The molecule has 0 aromatic rings. The summed E-state index contributed by atoms with van der Waals surface area (Å²) in [7, 11) is -13.4. The summed E-state index contributed by atoms with van der Waals surface area (Å²) in [5.41, 5.74) is -1.21. The summed E-state index contributed by atoms with van der Waals surface area (Å²) in [5.74, 6) is -8.12. The van der Waals surface area contributed by atoms with E-state index in [9.17, 15) is 47.7 Å². The van der Waals surface area contributed by atoms with Crippen LogP contribution in [0.15, 0.2) is 0 Å². The molecule has 27 heavy (non-hydrogen) atoms. The van der Waals surface area contributed by atoms with Crippen molar-refractivity contribution in [2.75, 3.05) is 5.75 Å². The zero-order chi connectivity index (χ0) is 20.7. The molecule has 4 aliphatic carbocycles. The molecule has 4 saturated carbocycles. The Morgan fingerprint density at radius 2 is 1.15 bits per heavy atom. The van der Waals surface area contributed by atoms with Crippen molar-refractivity contribution in [2.45, 2.75) is 55.0 Å². The first-order valence-corrected chi connectivity index (χ1v) is 11.3. The van der Waals surface area contributed by atoms with Crippen molar-refractivity contribution >= 4 is 20.0 Å². The van der Waals surface area contributed by atoms with E-state index in [1.165, 1.54) is 0 Å². The van der Waals surface area contributed by atoms with Gasteiger partial charge in [-0.25, -0.2) is 16.8 Å². The van der Waals surface area contributed by atoms with Gasteiger partial charge >= 0.3 is 16.4 Å². The summed E-state index contributed by atoms with van der Waals surface area (Å²) in [4.78, 5) is 0. The van der Waals surface area contributed by atoms with Gasteiger partial charge < -0.3 is 4.55 Å². The molecule has 0 spiro atoms. The molecule has 4 bridgehead atoms. The molecule has 0 heterocycles. The van der Waals surface area contributed by atoms with Gasteiger partial charge in [0, 0.05) is 0 Å². The zero-order valence-corrected chi connectivity index (χ0v) is 15.4.